The molecule has 1 amide bonds. The van der Waals surface area contributed by atoms with Crippen LogP contribution in [0.5, 0.6) is 11.5 Å². The summed E-state index contributed by atoms with van der Waals surface area (Å²) in [5.41, 5.74) is 1.10. The summed E-state index contributed by atoms with van der Waals surface area (Å²) in [5.74, 6) is 1.10. The van der Waals surface area contributed by atoms with E-state index in [1.165, 1.54) is 18.6 Å². The second kappa shape index (κ2) is 6.51. The highest BCUT2D eigenvalue weighted by Crippen LogP contribution is 2.23. The molecule has 0 spiro atoms. The molecule has 1 aromatic heterocycles. The summed E-state index contributed by atoms with van der Waals surface area (Å²) in [7, 11) is 3.17. The van der Waals surface area contributed by atoms with E-state index in [0.29, 0.717) is 18.0 Å². The highest BCUT2D eigenvalue weighted by molar-refractivity contribution is 5.91. The van der Waals surface area contributed by atoms with Gasteiger partial charge in [-0.3, -0.25) is 9.78 Å². The summed E-state index contributed by atoms with van der Waals surface area (Å²) in [6.07, 6.45) is 4.40. The SMILES string of the molecule is COc1ccc(OC)c(CNC(=O)c2cnccn2)c1. The lowest BCUT2D eigenvalue weighted by Crippen LogP contribution is -2.24. The van der Waals surface area contributed by atoms with Crippen molar-refractivity contribution in [3.05, 3.63) is 48.0 Å². The van der Waals surface area contributed by atoms with Crippen LogP contribution in [-0.2, 0) is 6.54 Å². The number of benzene rings is 1. The molecule has 1 N–H and O–H groups in total. The molecule has 0 saturated heterocycles. The molecule has 0 aliphatic rings. The van der Waals surface area contributed by atoms with E-state index in [-0.39, 0.29) is 11.6 Å². The Morgan fingerprint density at radius 1 is 1.25 bits per heavy atom. The van der Waals surface area contributed by atoms with Crippen LogP contribution in [0.15, 0.2) is 36.8 Å². The largest absolute Gasteiger partial charge is 0.497 e. The smallest absolute Gasteiger partial charge is 0.271 e. The molecular formula is C14H15N3O3. The van der Waals surface area contributed by atoms with Crippen LogP contribution in [0.4, 0.5) is 0 Å². The minimum absolute atomic E-state index is 0.273. The number of carbonyl (C=O) groups excluding carboxylic acids is 1. The normalized spacial score (nSPS) is 9.90. The maximum Gasteiger partial charge on any atom is 0.271 e. The molecule has 6 heteroatoms. The Hall–Kier alpha value is -2.63. The van der Waals surface area contributed by atoms with Crippen molar-refractivity contribution >= 4 is 5.91 Å². The lowest BCUT2D eigenvalue weighted by Gasteiger charge is -2.11. The molecule has 0 saturated carbocycles. The van der Waals surface area contributed by atoms with E-state index in [9.17, 15) is 4.79 Å². The number of hydrogen-bond donors (Lipinski definition) is 1. The summed E-state index contributed by atoms with van der Waals surface area (Å²) >= 11 is 0. The van der Waals surface area contributed by atoms with Gasteiger partial charge in [0.2, 0.25) is 0 Å². The first-order chi connectivity index (χ1) is 9.74. The van der Waals surface area contributed by atoms with E-state index in [4.69, 9.17) is 9.47 Å². The van der Waals surface area contributed by atoms with Gasteiger partial charge in [0.15, 0.2) is 0 Å². The fourth-order valence-corrected chi connectivity index (χ4v) is 1.70. The zero-order valence-corrected chi connectivity index (χ0v) is 11.3. The van der Waals surface area contributed by atoms with Crippen LogP contribution in [0.1, 0.15) is 16.1 Å². The van der Waals surface area contributed by atoms with Crippen molar-refractivity contribution in [1.29, 1.82) is 0 Å². The molecule has 0 aliphatic carbocycles. The molecule has 0 aliphatic heterocycles. The topological polar surface area (TPSA) is 73.3 Å². The Balaban J connectivity index is 2.08. The van der Waals surface area contributed by atoms with E-state index >= 15 is 0 Å². The van der Waals surface area contributed by atoms with Gasteiger partial charge in [0.05, 0.1) is 20.4 Å². The van der Waals surface area contributed by atoms with Gasteiger partial charge >= 0.3 is 0 Å². The minimum atomic E-state index is -0.289. The number of nitrogens with one attached hydrogen (secondary N) is 1. The van der Waals surface area contributed by atoms with Gasteiger partial charge in [-0.05, 0) is 18.2 Å². The highest BCUT2D eigenvalue weighted by Gasteiger charge is 2.09. The van der Waals surface area contributed by atoms with Crippen LogP contribution in [0.25, 0.3) is 0 Å². The van der Waals surface area contributed by atoms with E-state index in [2.05, 4.69) is 15.3 Å². The fraction of sp³-hybridized carbons (Fsp3) is 0.214. The third-order valence-corrected chi connectivity index (χ3v) is 2.72. The second-order valence-corrected chi connectivity index (χ2v) is 3.95. The number of methoxy groups -OCH3 is 2. The average Bonchev–Trinajstić information content (AvgIpc) is 2.53. The first-order valence-corrected chi connectivity index (χ1v) is 5.99. The lowest BCUT2D eigenvalue weighted by atomic mass is 10.2. The molecule has 1 heterocycles. The second-order valence-electron chi connectivity index (χ2n) is 3.95. The molecule has 6 nitrogen and oxygen atoms in total. The van der Waals surface area contributed by atoms with Crippen molar-refractivity contribution in [2.24, 2.45) is 0 Å². The number of hydrogen-bond acceptors (Lipinski definition) is 5. The summed E-state index contributed by atoms with van der Waals surface area (Å²) in [6.45, 7) is 0.315. The van der Waals surface area contributed by atoms with Gasteiger partial charge in [-0.25, -0.2) is 4.98 Å². The molecule has 104 valence electrons. The summed E-state index contributed by atoms with van der Waals surface area (Å²) in [6, 6.07) is 5.41. The third-order valence-electron chi connectivity index (χ3n) is 2.72. The van der Waals surface area contributed by atoms with Crippen molar-refractivity contribution < 1.29 is 14.3 Å². The zero-order valence-electron chi connectivity index (χ0n) is 11.3. The predicted octanol–water partition coefficient (Wildman–Crippen LogP) is 1.42. The van der Waals surface area contributed by atoms with Crippen molar-refractivity contribution in [2.75, 3.05) is 14.2 Å². The maximum absolute atomic E-state index is 11.9. The van der Waals surface area contributed by atoms with Gasteiger partial charge < -0.3 is 14.8 Å². The monoisotopic (exact) mass is 273 g/mol. The first kappa shape index (κ1) is 13.8. The van der Waals surface area contributed by atoms with Crippen LogP contribution in [0, 0.1) is 0 Å². The Morgan fingerprint density at radius 3 is 2.75 bits per heavy atom. The van der Waals surface area contributed by atoms with E-state index in [1.54, 1.807) is 26.4 Å². The van der Waals surface area contributed by atoms with Crippen molar-refractivity contribution in [3.8, 4) is 11.5 Å². The Morgan fingerprint density at radius 2 is 2.10 bits per heavy atom. The van der Waals surface area contributed by atoms with Gasteiger partial charge in [0.25, 0.3) is 5.91 Å². The van der Waals surface area contributed by atoms with Crippen LogP contribution < -0.4 is 14.8 Å². The van der Waals surface area contributed by atoms with E-state index in [0.717, 1.165) is 5.56 Å². The molecular weight excluding hydrogens is 258 g/mol. The first-order valence-electron chi connectivity index (χ1n) is 5.99. The summed E-state index contributed by atoms with van der Waals surface area (Å²) in [5, 5.41) is 2.76. The molecule has 0 bridgehead atoms. The Bertz CT molecular complexity index is 587. The maximum atomic E-state index is 11.9. The lowest BCUT2D eigenvalue weighted by molar-refractivity contribution is 0.0945. The van der Waals surface area contributed by atoms with Gasteiger partial charge in [-0.2, -0.15) is 0 Å². The van der Waals surface area contributed by atoms with E-state index < -0.39 is 0 Å². The van der Waals surface area contributed by atoms with Crippen LogP contribution in [0.3, 0.4) is 0 Å². The standard InChI is InChI=1S/C14H15N3O3/c1-19-11-3-4-13(20-2)10(7-11)8-17-14(18)12-9-15-5-6-16-12/h3-7,9H,8H2,1-2H3,(H,17,18). The van der Waals surface area contributed by atoms with Gasteiger partial charge in [-0.1, -0.05) is 0 Å². The van der Waals surface area contributed by atoms with Gasteiger partial charge in [0.1, 0.15) is 17.2 Å². The van der Waals surface area contributed by atoms with Gasteiger partial charge in [-0.15, -0.1) is 0 Å². The molecule has 0 fully saturated rings. The molecule has 2 rings (SSSR count). The van der Waals surface area contributed by atoms with Crippen LogP contribution >= 0.6 is 0 Å². The van der Waals surface area contributed by atoms with Crippen molar-refractivity contribution in [1.82, 2.24) is 15.3 Å². The number of nitrogens with zero attached hydrogens (tertiary/aromatic N) is 2. The van der Waals surface area contributed by atoms with Crippen molar-refractivity contribution in [3.63, 3.8) is 0 Å². The molecule has 0 atom stereocenters. The highest BCUT2D eigenvalue weighted by atomic mass is 16.5. The van der Waals surface area contributed by atoms with Crippen LogP contribution in [-0.4, -0.2) is 30.1 Å². The van der Waals surface area contributed by atoms with Gasteiger partial charge in [0, 0.05) is 24.5 Å². The van der Waals surface area contributed by atoms with E-state index in [1.807, 2.05) is 6.07 Å². The third kappa shape index (κ3) is 3.23. The molecule has 2 aromatic rings. The predicted molar refractivity (Wildman–Crippen MR) is 72.7 cm³/mol. The molecule has 0 radical (unpaired) electrons. The summed E-state index contributed by atoms with van der Waals surface area (Å²) in [4.78, 5) is 19.7. The zero-order chi connectivity index (χ0) is 14.4. The molecule has 1 aromatic carbocycles. The average molecular weight is 273 g/mol. The molecule has 20 heavy (non-hydrogen) atoms. The van der Waals surface area contributed by atoms with Crippen molar-refractivity contribution in [2.45, 2.75) is 6.54 Å². The Labute approximate surface area is 116 Å². The number of amides is 1. The fourth-order valence-electron chi connectivity index (χ4n) is 1.70. The van der Waals surface area contributed by atoms with Crippen LogP contribution in [0.2, 0.25) is 0 Å². The number of aromatic nitrogens is 2. The quantitative estimate of drug-likeness (QED) is 0.892. The number of rotatable bonds is 5. The molecule has 0 unspecified atom stereocenters. The summed E-state index contributed by atoms with van der Waals surface area (Å²) < 4.78 is 10.4. The Kier molecular flexibility index (Phi) is 4.49. The number of carbonyl (C=O) groups is 1. The minimum Gasteiger partial charge on any atom is -0.497 e. The number of ether oxygens (including phenoxy) is 2.